The fraction of sp³-hybridized carbons (Fsp3) is 0.290. The van der Waals surface area contributed by atoms with E-state index in [1.54, 1.807) is 18.2 Å². The number of rotatable bonds is 10. The molecule has 1 amide bonds. The Kier molecular flexibility index (Phi) is 8.54. The Balaban J connectivity index is 1.39. The van der Waals surface area contributed by atoms with Gasteiger partial charge in [-0.15, -0.1) is 0 Å². The molecular formula is C31H33NO5. The summed E-state index contributed by atoms with van der Waals surface area (Å²) in [6.07, 6.45) is 5.61. The maximum atomic E-state index is 12.5. The molecule has 4 rings (SSSR count). The van der Waals surface area contributed by atoms with E-state index in [-0.39, 0.29) is 24.1 Å². The van der Waals surface area contributed by atoms with Crippen LogP contribution in [0.4, 0.5) is 0 Å². The van der Waals surface area contributed by atoms with Crippen molar-refractivity contribution in [2.24, 2.45) is 0 Å². The van der Waals surface area contributed by atoms with Gasteiger partial charge in [0.2, 0.25) is 5.91 Å². The quantitative estimate of drug-likeness (QED) is 0.339. The van der Waals surface area contributed by atoms with Crippen molar-refractivity contribution in [1.29, 1.82) is 0 Å². The van der Waals surface area contributed by atoms with Gasteiger partial charge in [-0.25, -0.2) is 4.79 Å². The molecule has 1 aliphatic heterocycles. The smallest absolute Gasteiger partial charge is 0.335 e. The molecule has 1 fully saturated rings. The third-order valence-corrected chi connectivity index (χ3v) is 6.93. The molecule has 0 saturated carbocycles. The number of aliphatic hydroxyl groups excluding tert-OH is 2. The van der Waals surface area contributed by atoms with Gasteiger partial charge >= 0.3 is 5.97 Å². The SMILES string of the molecule is Cc1ccc(-c2cccc(C(O)/C=C/C3CCC(=O)N3CCCc3ccc(C(=O)O)cc3)c2)c(CO)c1. The van der Waals surface area contributed by atoms with Gasteiger partial charge in [0.05, 0.1) is 24.3 Å². The highest BCUT2D eigenvalue weighted by Gasteiger charge is 2.28. The first-order valence-corrected chi connectivity index (χ1v) is 12.6. The Morgan fingerprint density at radius 3 is 2.62 bits per heavy atom. The van der Waals surface area contributed by atoms with Crippen molar-refractivity contribution in [3.05, 3.63) is 107 Å². The lowest BCUT2D eigenvalue weighted by Crippen LogP contribution is -2.33. The summed E-state index contributed by atoms with van der Waals surface area (Å²) in [6, 6.07) is 20.4. The van der Waals surface area contributed by atoms with E-state index in [4.69, 9.17) is 5.11 Å². The van der Waals surface area contributed by atoms with E-state index in [1.807, 2.05) is 72.5 Å². The fourth-order valence-electron chi connectivity index (χ4n) is 4.88. The Morgan fingerprint density at radius 2 is 1.89 bits per heavy atom. The minimum Gasteiger partial charge on any atom is -0.478 e. The molecule has 3 aromatic carbocycles. The third kappa shape index (κ3) is 6.53. The first-order chi connectivity index (χ1) is 17.9. The average molecular weight is 500 g/mol. The molecule has 0 radical (unpaired) electrons. The fourth-order valence-corrected chi connectivity index (χ4v) is 4.88. The summed E-state index contributed by atoms with van der Waals surface area (Å²) in [5, 5.41) is 29.7. The highest BCUT2D eigenvalue weighted by atomic mass is 16.4. The van der Waals surface area contributed by atoms with Crippen LogP contribution in [0.5, 0.6) is 0 Å². The summed E-state index contributed by atoms with van der Waals surface area (Å²) >= 11 is 0. The van der Waals surface area contributed by atoms with Crippen molar-refractivity contribution in [1.82, 2.24) is 4.90 Å². The molecule has 2 atom stereocenters. The second-order valence-electron chi connectivity index (χ2n) is 9.57. The van der Waals surface area contributed by atoms with Crippen LogP contribution < -0.4 is 0 Å². The third-order valence-electron chi connectivity index (χ3n) is 6.93. The van der Waals surface area contributed by atoms with E-state index >= 15 is 0 Å². The van der Waals surface area contributed by atoms with Crippen molar-refractivity contribution in [3.63, 3.8) is 0 Å². The number of hydrogen-bond acceptors (Lipinski definition) is 4. The number of carbonyl (C=O) groups excluding carboxylic acids is 1. The van der Waals surface area contributed by atoms with Gasteiger partial charge in [0.15, 0.2) is 0 Å². The van der Waals surface area contributed by atoms with Gasteiger partial charge in [-0.1, -0.05) is 66.2 Å². The maximum absolute atomic E-state index is 12.5. The Morgan fingerprint density at radius 1 is 1.11 bits per heavy atom. The van der Waals surface area contributed by atoms with Crippen LogP contribution in [0.15, 0.2) is 78.9 Å². The minimum atomic E-state index is -0.942. The number of carboxylic acids is 1. The zero-order valence-corrected chi connectivity index (χ0v) is 21.0. The number of aliphatic hydroxyl groups is 2. The Bertz CT molecular complexity index is 1280. The van der Waals surface area contributed by atoms with Gasteiger partial charge in [0.1, 0.15) is 0 Å². The lowest BCUT2D eigenvalue weighted by atomic mass is 9.95. The largest absolute Gasteiger partial charge is 0.478 e. The van der Waals surface area contributed by atoms with E-state index in [9.17, 15) is 19.8 Å². The molecule has 6 nitrogen and oxygen atoms in total. The molecule has 0 bridgehead atoms. The Labute approximate surface area is 217 Å². The highest BCUT2D eigenvalue weighted by Crippen LogP contribution is 2.28. The number of likely N-dealkylation sites (tertiary alicyclic amines) is 1. The predicted octanol–water partition coefficient (Wildman–Crippen LogP) is 5.07. The summed E-state index contributed by atoms with van der Waals surface area (Å²) in [6.45, 7) is 2.55. The Hall–Kier alpha value is -3.74. The molecule has 3 N–H and O–H groups in total. The zero-order valence-electron chi connectivity index (χ0n) is 21.0. The van der Waals surface area contributed by atoms with Crippen molar-refractivity contribution in [3.8, 4) is 11.1 Å². The standard InChI is InChI=1S/C31H33NO5/c1-21-7-14-28(26(18-21)20-33)24-5-2-6-25(19-24)29(34)15-12-27-13-16-30(35)32(27)17-3-4-22-8-10-23(11-9-22)31(36)37/h2,5-12,14-15,18-19,27,29,33-34H,3-4,13,16-17,20H2,1H3,(H,36,37)/b15-12+. The van der Waals surface area contributed by atoms with E-state index in [0.29, 0.717) is 13.0 Å². The normalized spacial score (nSPS) is 16.5. The molecule has 0 aliphatic carbocycles. The van der Waals surface area contributed by atoms with Crippen molar-refractivity contribution in [2.75, 3.05) is 6.54 Å². The number of carboxylic acid groups (broad SMARTS) is 1. The average Bonchev–Trinajstić information content (AvgIpc) is 3.26. The maximum Gasteiger partial charge on any atom is 0.335 e. The van der Waals surface area contributed by atoms with Gasteiger partial charge in [-0.3, -0.25) is 4.79 Å². The monoisotopic (exact) mass is 499 g/mol. The number of carbonyl (C=O) groups is 2. The summed E-state index contributed by atoms with van der Waals surface area (Å²) in [5.74, 6) is -0.828. The molecule has 0 aromatic heterocycles. The number of nitrogens with zero attached hydrogens (tertiary/aromatic N) is 1. The van der Waals surface area contributed by atoms with E-state index in [2.05, 4.69) is 0 Å². The first kappa shape index (κ1) is 26.3. The molecular weight excluding hydrogens is 466 g/mol. The summed E-state index contributed by atoms with van der Waals surface area (Å²) in [7, 11) is 0. The molecule has 1 saturated heterocycles. The minimum absolute atomic E-state index is 0.0527. The van der Waals surface area contributed by atoms with Gasteiger partial charge in [0, 0.05) is 13.0 Å². The molecule has 3 aromatic rings. The summed E-state index contributed by atoms with van der Waals surface area (Å²) < 4.78 is 0. The lowest BCUT2D eigenvalue weighted by Gasteiger charge is -2.23. The second-order valence-corrected chi connectivity index (χ2v) is 9.57. The molecule has 1 heterocycles. The lowest BCUT2D eigenvalue weighted by molar-refractivity contribution is -0.128. The number of amides is 1. The van der Waals surface area contributed by atoms with Crippen molar-refractivity contribution >= 4 is 11.9 Å². The number of aromatic carboxylic acids is 1. The summed E-state index contributed by atoms with van der Waals surface area (Å²) in [4.78, 5) is 25.4. The first-order valence-electron chi connectivity index (χ1n) is 12.6. The van der Waals surface area contributed by atoms with Crippen LogP contribution in [-0.4, -0.2) is 44.7 Å². The zero-order chi connectivity index (χ0) is 26.4. The molecule has 37 heavy (non-hydrogen) atoms. The van der Waals surface area contributed by atoms with Crippen molar-refractivity contribution in [2.45, 2.75) is 51.4 Å². The van der Waals surface area contributed by atoms with Crippen LogP contribution in [0, 0.1) is 6.92 Å². The van der Waals surface area contributed by atoms with Gasteiger partial charge in [0.25, 0.3) is 0 Å². The molecule has 2 unspecified atom stereocenters. The topological polar surface area (TPSA) is 98.1 Å². The number of aryl methyl sites for hydroxylation is 2. The van der Waals surface area contributed by atoms with Crippen LogP contribution in [0.25, 0.3) is 11.1 Å². The van der Waals surface area contributed by atoms with Gasteiger partial charge < -0.3 is 20.2 Å². The predicted molar refractivity (Wildman–Crippen MR) is 143 cm³/mol. The molecule has 1 aliphatic rings. The molecule has 0 spiro atoms. The highest BCUT2D eigenvalue weighted by molar-refractivity contribution is 5.87. The van der Waals surface area contributed by atoms with Gasteiger partial charge in [-0.2, -0.15) is 0 Å². The van der Waals surface area contributed by atoms with E-state index in [0.717, 1.165) is 52.6 Å². The second kappa shape index (κ2) is 12.0. The molecule has 6 heteroatoms. The van der Waals surface area contributed by atoms with Crippen LogP contribution in [-0.2, 0) is 17.8 Å². The van der Waals surface area contributed by atoms with Crippen molar-refractivity contribution < 1.29 is 24.9 Å². The summed E-state index contributed by atoms with van der Waals surface area (Å²) in [5.41, 5.74) is 5.86. The van der Waals surface area contributed by atoms with Crippen LogP contribution in [0.2, 0.25) is 0 Å². The van der Waals surface area contributed by atoms with Crippen LogP contribution in [0.1, 0.15) is 58.0 Å². The van der Waals surface area contributed by atoms with E-state index < -0.39 is 12.1 Å². The number of hydrogen-bond donors (Lipinski definition) is 3. The van der Waals surface area contributed by atoms with Crippen LogP contribution in [0.3, 0.4) is 0 Å². The molecule has 192 valence electrons. The van der Waals surface area contributed by atoms with E-state index in [1.165, 1.54) is 0 Å². The van der Waals surface area contributed by atoms with Gasteiger partial charge in [-0.05, 0) is 72.2 Å². The van der Waals surface area contributed by atoms with Crippen LogP contribution >= 0.6 is 0 Å². The number of benzene rings is 3.